The molecule has 2 aromatic rings. The maximum atomic E-state index is 13.0. The number of esters is 1. The van der Waals surface area contributed by atoms with Crippen molar-refractivity contribution in [2.24, 2.45) is 0 Å². The fourth-order valence-electron chi connectivity index (χ4n) is 3.26. The summed E-state index contributed by atoms with van der Waals surface area (Å²) in [6.07, 6.45) is 0.558. The molecule has 0 heterocycles. The Morgan fingerprint density at radius 2 is 1.84 bits per heavy atom. The van der Waals surface area contributed by atoms with Crippen LogP contribution in [0, 0.1) is 0 Å². The molecule has 31 heavy (non-hydrogen) atoms. The number of fused-ring (bicyclic) bond motifs is 1. The number of nitrogens with zero attached hydrogens (tertiary/aromatic N) is 1. The lowest BCUT2D eigenvalue weighted by Gasteiger charge is -2.26. The molecule has 3 rings (SSSR count). The van der Waals surface area contributed by atoms with E-state index in [-0.39, 0.29) is 24.1 Å². The van der Waals surface area contributed by atoms with Crippen LogP contribution < -0.4 is 4.72 Å². The van der Waals surface area contributed by atoms with Crippen molar-refractivity contribution in [3.63, 3.8) is 0 Å². The average Bonchev–Trinajstić information content (AvgIpc) is 3.55. The first kappa shape index (κ1) is 22.7. The topological polar surface area (TPSA) is 130 Å². The first-order valence-corrected chi connectivity index (χ1v) is 11.4. The van der Waals surface area contributed by atoms with E-state index >= 15 is 0 Å². The Bertz CT molecular complexity index is 1100. The first-order chi connectivity index (χ1) is 14.7. The van der Waals surface area contributed by atoms with Gasteiger partial charge in [0.1, 0.15) is 12.6 Å². The second-order valence-corrected chi connectivity index (χ2v) is 9.00. The van der Waals surface area contributed by atoms with Gasteiger partial charge in [0.05, 0.1) is 17.9 Å². The van der Waals surface area contributed by atoms with Crippen LogP contribution in [-0.4, -0.2) is 61.5 Å². The Hall–Kier alpha value is -2.98. The minimum Gasteiger partial charge on any atom is -0.481 e. The van der Waals surface area contributed by atoms with Crippen LogP contribution in [-0.2, 0) is 29.1 Å². The summed E-state index contributed by atoms with van der Waals surface area (Å²) in [5, 5.41) is 10.8. The molecule has 1 aliphatic carbocycles. The predicted molar refractivity (Wildman–Crippen MR) is 112 cm³/mol. The molecule has 1 atom stereocenters. The van der Waals surface area contributed by atoms with Gasteiger partial charge in [-0.3, -0.25) is 14.4 Å². The summed E-state index contributed by atoms with van der Waals surface area (Å²) < 4.78 is 33.0. The van der Waals surface area contributed by atoms with E-state index in [1.165, 1.54) is 17.0 Å². The monoisotopic (exact) mass is 448 g/mol. The van der Waals surface area contributed by atoms with Gasteiger partial charge in [0.15, 0.2) is 0 Å². The number of carbonyl (C=O) groups excluding carboxylic acids is 2. The maximum absolute atomic E-state index is 13.0. The van der Waals surface area contributed by atoms with Crippen molar-refractivity contribution in [3.8, 4) is 0 Å². The summed E-state index contributed by atoms with van der Waals surface area (Å²) in [4.78, 5) is 37.4. The molecule has 2 N–H and O–H groups in total. The van der Waals surface area contributed by atoms with E-state index in [0.29, 0.717) is 18.2 Å². The number of benzene rings is 2. The molecule has 0 aromatic heterocycles. The Labute approximate surface area is 180 Å². The second-order valence-electron chi connectivity index (χ2n) is 7.28. The Morgan fingerprint density at radius 3 is 2.45 bits per heavy atom. The van der Waals surface area contributed by atoms with E-state index in [1.807, 2.05) is 12.1 Å². The van der Waals surface area contributed by atoms with Crippen LogP contribution in [0.1, 0.15) is 26.2 Å². The smallest absolute Gasteiger partial charge is 0.325 e. The molecule has 1 fully saturated rings. The number of carbonyl (C=O) groups is 3. The summed E-state index contributed by atoms with van der Waals surface area (Å²) in [5.74, 6) is -2.73. The van der Waals surface area contributed by atoms with Crippen molar-refractivity contribution >= 4 is 38.6 Å². The molecule has 2 aromatic carbocycles. The fourth-order valence-corrected chi connectivity index (χ4v) is 4.49. The number of aliphatic carboxylic acids is 1. The molecule has 0 aliphatic heterocycles. The zero-order chi connectivity index (χ0) is 22.6. The minimum atomic E-state index is -4.20. The summed E-state index contributed by atoms with van der Waals surface area (Å²) in [5.41, 5.74) is 0. The molecule has 0 radical (unpaired) electrons. The number of ether oxygens (including phenoxy) is 1. The van der Waals surface area contributed by atoms with Crippen molar-refractivity contribution in [1.82, 2.24) is 9.62 Å². The zero-order valence-corrected chi connectivity index (χ0v) is 17.8. The van der Waals surface area contributed by atoms with Crippen molar-refractivity contribution < 1.29 is 32.6 Å². The third-order valence-corrected chi connectivity index (χ3v) is 6.35. The average molecular weight is 448 g/mol. The number of carboxylic acid groups (broad SMARTS) is 1. The van der Waals surface area contributed by atoms with Crippen molar-refractivity contribution in [2.75, 3.05) is 13.2 Å². The molecule has 10 heteroatoms. The lowest BCUT2D eigenvalue weighted by Crippen LogP contribution is -2.51. The van der Waals surface area contributed by atoms with Gasteiger partial charge in [-0.05, 0) is 42.7 Å². The molecule has 166 valence electrons. The van der Waals surface area contributed by atoms with Gasteiger partial charge < -0.3 is 14.7 Å². The highest BCUT2D eigenvalue weighted by Gasteiger charge is 2.39. The van der Waals surface area contributed by atoms with Crippen LogP contribution >= 0.6 is 0 Å². The van der Waals surface area contributed by atoms with Crippen molar-refractivity contribution in [1.29, 1.82) is 0 Å². The van der Waals surface area contributed by atoms with Crippen LogP contribution in [0.25, 0.3) is 10.8 Å². The number of hydrogen-bond acceptors (Lipinski definition) is 6. The molecular weight excluding hydrogens is 424 g/mol. The van der Waals surface area contributed by atoms with Crippen LogP contribution in [0.4, 0.5) is 0 Å². The van der Waals surface area contributed by atoms with E-state index in [2.05, 4.69) is 4.72 Å². The van der Waals surface area contributed by atoms with Gasteiger partial charge in [-0.15, -0.1) is 0 Å². The largest absolute Gasteiger partial charge is 0.481 e. The SMILES string of the molecule is CCOC(=O)CN(C(=O)[C@H](CC(=O)O)NS(=O)(=O)c1ccc2ccccc2c1)C1CC1. The molecule has 0 spiro atoms. The van der Waals surface area contributed by atoms with E-state index in [9.17, 15) is 27.9 Å². The number of sulfonamides is 1. The minimum absolute atomic E-state index is 0.0854. The third kappa shape index (κ3) is 5.80. The standard InChI is InChI=1S/C21H24N2O7S/c1-2-30-20(26)13-23(16-8-9-16)21(27)18(12-19(24)25)22-31(28,29)17-10-7-14-5-3-4-6-15(14)11-17/h3-7,10-11,16,18,22H,2,8-9,12-13H2,1H3,(H,24,25)/t18-/m0/s1. The lowest BCUT2D eigenvalue weighted by atomic mass is 10.1. The van der Waals surface area contributed by atoms with E-state index in [4.69, 9.17) is 4.74 Å². The predicted octanol–water partition coefficient (Wildman–Crippen LogP) is 1.52. The lowest BCUT2D eigenvalue weighted by molar-refractivity contribution is -0.150. The van der Waals surface area contributed by atoms with Crippen LogP contribution in [0.3, 0.4) is 0 Å². The van der Waals surface area contributed by atoms with Gasteiger partial charge in [0.2, 0.25) is 15.9 Å². The second kappa shape index (κ2) is 9.44. The zero-order valence-electron chi connectivity index (χ0n) is 17.0. The van der Waals surface area contributed by atoms with E-state index < -0.39 is 40.3 Å². The fraction of sp³-hybridized carbons (Fsp3) is 0.381. The van der Waals surface area contributed by atoms with Gasteiger partial charge in [-0.2, -0.15) is 4.72 Å². The number of nitrogens with one attached hydrogen (secondary N) is 1. The summed E-state index contributed by atoms with van der Waals surface area (Å²) >= 11 is 0. The van der Waals surface area contributed by atoms with Gasteiger partial charge in [0.25, 0.3) is 0 Å². The number of hydrogen-bond donors (Lipinski definition) is 2. The van der Waals surface area contributed by atoms with Gasteiger partial charge in [-0.25, -0.2) is 8.42 Å². The number of amides is 1. The number of carboxylic acids is 1. The van der Waals surface area contributed by atoms with Crippen molar-refractivity contribution in [2.45, 2.75) is 43.2 Å². The molecule has 1 amide bonds. The Morgan fingerprint density at radius 1 is 1.16 bits per heavy atom. The molecule has 9 nitrogen and oxygen atoms in total. The van der Waals surface area contributed by atoms with Crippen LogP contribution in [0.5, 0.6) is 0 Å². The first-order valence-electron chi connectivity index (χ1n) is 9.90. The van der Waals surface area contributed by atoms with E-state index in [1.54, 1.807) is 25.1 Å². The van der Waals surface area contributed by atoms with Crippen LogP contribution in [0.15, 0.2) is 47.4 Å². The summed E-state index contributed by atoms with van der Waals surface area (Å²) in [7, 11) is -4.20. The highest BCUT2D eigenvalue weighted by atomic mass is 32.2. The molecular formula is C21H24N2O7S. The Balaban J connectivity index is 1.85. The Kier molecular flexibility index (Phi) is 6.91. The molecule has 0 unspecified atom stereocenters. The summed E-state index contributed by atoms with van der Waals surface area (Å²) in [6, 6.07) is 9.87. The highest BCUT2D eigenvalue weighted by molar-refractivity contribution is 7.89. The van der Waals surface area contributed by atoms with Gasteiger partial charge in [0, 0.05) is 6.04 Å². The molecule has 1 saturated carbocycles. The van der Waals surface area contributed by atoms with Crippen molar-refractivity contribution in [3.05, 3.63) is 42.5 Å². The summed E-state index contributed by atoms with van der Waals surface area (Å²) in [6.45, 7) is 1.41. The van der Waals surface area contributed by atoms with Gasteiger partial charge in [-0.1, -0.05) is 30.3 Å². The maximum Gasteiger partial charge on any atom is 0.325 e. The molecule has 0 bridgehead atoms. The van der Waals surface area contributed by atoms with E-state index in [0.717, 1.165) is 5.39 Å². The van der Waals surface area contributed by atoms with Gasteiger partial charge >= 0.3 is 11.9 Å². The van der Waals surface area contributed by atoms with Crippen LogP contribution in [0.2, 0.25) is 0 Å². The molecule has 1 aliphatic rings. The quantitative estimate of drug-likeness (QED) is 0.527. The normalized spacial score (nSPS) is 14.7. The molecule has 0 saturated heterocycles. The third-order valence-electron chi connectivity index (χ3n) is 4.88. The number of rotatable bonds is 10. The highest BCUT2D eigenvalue weighted by Crippen LogP contribution is 2.28.